The second-order valence-electron chi connectivity index (χ2n) is 6.77. The van der Waals surface area contributed by atoms with Gasteiger partial charge in [-0.1, -0.05) is 83.5 Å². The molecule has 0 aliphatic carbocycles. The summed E-state index contributed by atoms with van der Waals surface area (Å²) in [5.74, 6) is 0. The normalized spacial score (nSPS) is 14.2. The topological polar surface area (TPSA) is 60.7 Å². The molecule has 22 heavy (non-hydrogen) atoms. The molecule has 3 nitrogen and oxygen atoms in total. The van der Waals surface area contributed by atoms with Crippen molar-refractivity contribution in [3.05, 3.63) is 0 Å². The highest BCUT2D eigenvalue weighted by atomic mass is 16.3. The zero-order valence-electron chi connectivity index (χ0n) is 14.8. The quantitative estimate of drug-likeness (QED) is 0.344. The number of aliphatic hydroxyl groups is 3. The molecule has 3 heteroatoms. The molecule has 0 rings (SSSR count). The SMILES string of the molecule is CC(O)C(O)CCCCCCCCCCCCCCCCO. The molecule has 0 spiro atoms. The average Bonchev–Trinajstić information content (AvgIpc) is 2.50. The monoisotopic (exact) mass is 316 g/mol. The van der Waals surface area contributed by atoms with Gasteiger partial charge in [-0.3, -0.25) is 0 Å². The van der Waals surface area contributed by atoms with Gasteiger partial charge in [0.1, 0.15) is 0 Å². The molecule has 0 aromatic carbocycles. The standard InChI is InChI=1S/C19H40O3/c1-18(21)19(22)16-14-12-10-8-6-4-2-3-5-7-9-11-13-15-17-20/h18-22H,2-17H2,1H3. The summed E-state index contributed by atoms with van der Waals surface area (Å²) >= 11 is 0. The molecule has 2 atom stereocenters. The molecule has 0 amide bonds. The Hall–Kier alpha value is -0.120. The number of aliphatic hydroxyl groups excluding tert-OH is 3. The fourth-order valence-corrected chi connectivity index (χ4v) is 2.83. The molecule has 0 heterocycles. The summed E-state index contributed by atoms with van der Waals surface area (Å²) in [5.41, 5.74) is 0. The summed E-state index contributed by atoms with van der Waals surface area (Å²) in [4.78, 5) is 0. The highest BCUT2D eigenvalue weighted by Crippen LogP contribution is 2.14. The number of rotatable bonds is 17. The highest BCUT2D eigenvalue weighted by Gasteiger charge is 2.09. The van der Waals surface area contributed by atoms with Crippen LogP contribution in [0.3, 0.4) is 0 Å². The van der Waals surface area contributed by atoms with Crippen LogP contribution in [-0.2, 0) is 0 Å². The Morgan fingerprint density at radius 3 is 1.18 bits per heavy atom. The molecule has 134 valence electrons. The van der Waals surface area contributed by atoms with Gasteiger partial charge in [0, 0.05) is 6.61 Å². The van der Waals surface area contributed by atoms with Crippen LogP contribution in [0.25, 0.3) is 0 Å². The Balaban J connectivity index is 3.03. The molecule has 0 saturated heterocycles. The van der Waals surface area contributed by atoms with E-state index in [1.165, 1.54) is 77.0 Å². The molecule has 0 aromatic heterocycles. The van der Waals surface area contributed by atoms with E-state index in [4.69, 9.17) is 5.11 Å². The van der Waals surface area contributed by atoms with Crippen LogP contribution in [0.15, 0.2) is 0 Å². The predicted molar refractivity (Wildman–Crippen MR) is 94.0 cm³/mol. The molecule has 0 saturated carbocycles. The van der Waals surface area contributed by atoms with Crippen LogP contribution in [0.1, 0.15) is 103 Å². The van der Waals surface area contributed by atoms with Crippen LogP contribution in [0.5, 0.6) is 0 Å². The van der Waals surface area contributed by atoms with Gasteiger partial charge in [-0.15, -0.1) is 0 Å². The smallest absolute Gasteiger partial charge is 0.0796 e. The van der Waals surface area contributed by atoms with Crippen LogP contribution in [-0.4, -0.2) is 34.1 Å². The zero-order chi connectivity index (χ0) is 16.5. The second kappa shape index (κ2) is 17.2. The van der Waals surface area contributed by atoms with E-state index in [9.17, 15) is 10.2 Å². The molecule has 0 aliphatic rings. The van der Waals surface area contributed by atoms with Crippen LogP contribution < -0.4 is 0 Å². The minimum Gasteiger partial charge on any atom is -0.396 e. The van der Waals surface area contributed by atoms with Gasteiger partial charge in [-0.25, -0.2) is 0 Å². The van der Waals surface area contributed by atoms with Crippen molar-refractivity contribution in [3.63, 3.8) is 0 Å². The molecule has 0 fully saturated rings. The van der Waals surface area contributed by atoms with E-state index in [-0.39, 0.29) is 0 Å². The fraction of sp³-hybridized carbons (Fsp3) is 1.00. The van der Waals surface area contributed by atoms with Gasteiger partial charge in [-0.2, -0.15) is 0 Å². The minimum absolute atomic E-state index is 0.348. The van der Waals surface area contributed by atoms with E-state index in [0.29, 0.717) is 6.61 Å². The van der Waals surface area contributed by atoms with Crippen LogP contribution in [0, 0.1) is 0 Å². The van der Waals surface area contributed by atoms with E-state index in [1.54, 1.807) is 6.92 Å². The maximum atomic E-state index is 9.47. The van der Waals surface area contributed by atoms with Crippen LogP contribution >= 0.6 is 0 Å². The lowest BCUT2D eigenvalue weighted by Crippen LogP contribution is -2.21. The lowest BCUT2D eigenvalue weighted by molar-refractivity contribution is 0.0247. The number of hydrogen-bond acceptors (Lipinski definition) is 3. The summed E-state index contributed by atoms with van der Waals surface area (Å²) in [5, 5.41) is 27.3. The molecule has 0 bridgehead atoms. The van der Waals surface area contributed by atoms with Gasteiger partial charge in [-0.05, 0) is 19.8 Å². The Kier molecular flexibility index (Phi) is 17.1. The summed E-state index contributed by atoms with van der Waals surface area (Å²) in [6.45, 7) is 2.00. The van der Waals surface area contributed by atoms with Crippen molar-refractivity contribution in [1.82, 2.24) is 0 Å². The Labute approximate surface area is 138 Å². The van der Waals surface area contributed by atoms with Gasteiger partial charge in [0.05, 0.1) is 12.2 Å². The molecule has 0 aromatic rings. The van der Waals surface area contributed by atoms with Crippen molar-refractivity contribution in [2.75, 3.05) is 6.61 Å². The fourth-order valence-electron chi connectivity index (χ4n) is 2.83. The zero-order valence-corrected chi connectivity index (χ0v) is 14.8. The molecular weight excluding hydrogens is 276 g/mol. The Morgan fingerprint density at radius 2 is 0.864 bits per heavy atom. The van der Waals surface area contributed by atoms with Crippen molar-refractivity contribution in [2.45, 2.75) is 115 Å². The van der Waals surface area contributed by atoms with Crippen LogP contribution in [0.2, 0.25) is 0 Å². The Bertz CT molecular complexity index is 207. The van der Waals surface area contributed by atoms with Crippen molar-refractivity contribution in [3.8, 4) is 0 Å². The lowest BCUT2D eigenvalue weighted by atomic mass is 10.0. The van der Waals surface area contributed by atoms with E-state index in [1.807, 2.05) is 0 Å². The van der Waals surface area contributed by atoms with Crippen molar-refractivity contribution < 1.29 is 15.3 Å². The molecule has 0 radical (unpaired) electrons. The average molecular weight is 317 g/mol. The van der Waals surface area contributed by atoms with Crippen LogP contribution in [0.4, 0.5) is 0 Å². The van der Waals surface area contributed by atoms with Gasteiger partial charge in [0.25, 0.3) is 0 Å². The first kappa shape index (κ1) is 21.9. The molecular formula is C19H40O3. The third-order valence-electron chi connectivity index (χ3n) is 4.46. The second-order valence-corrected chi connectivity index (χ2v) is 6.77. The molecule has 0 aliphatic heterocycles. The van der Waals surface area contributed by atoms with Gasteiger partial charge in [0.2, 0.25) is 0 Å². The maximum Gasteiger partial charge on any atom is 0.0796 e. The minimum atomic E-state index is -0.588. The third-order valence-corrected chi connectivity index (χ3v) is 4.46. The van der Waals surface area contributed by atoms with E-state index < -0.39 is 12.2 Å². The van der Waals surface area contributed by atoms with E-state index in [2.05, 4.69) is 0 Å². The maximum absolute atomic E-state index is 9.47. The summed E-state index contributed by atoms with van der Waals surface area (Å²) in [6, 6.07) is 0. The van der Waals surface area contributed by atoms with Gasteiger partial charge < -0.3 is 15.3 Å². The Morgan fingerprint density at radius 1 is 0.545 bits per heavy atom. The van der Waals surface area contributed by atoms with Crippen molar-refractivity contribution in [1.29, 1.82) is 0 Å². The highest BCUT2D eigenvalue weighted by molar-refractivity contribution is 4.61. The first-order valence-corrected chi connectivity index (χ1v) is 9.65. The summed E-state index contributed by atoms with van der Waals surface area (Å²) < 4.78 is 0. The summed E-state index contributed by atoms with van der Waals surface area (Å²) in [6.07, 6.45) is 17.3. The van der Waals surface area contributed by atoms with Gasteiger partial charge >= 0.3 is 0 Å². The predicted octanol–water partition coefficient (Wildman–Crippen LogP) is 4.57. The van der Waals surface area contributed by atoms with Crippen molar-refractivity contribution >= 4 is 0 Å². The lowest BCUT2D eigenvalue weighted by Gasteiger charge is -2.12. The first-order valence-electron chi connectivity index (χ1n) is 9.65. The number of hydrogen-bond donors (Lipinski definition) is 3. The van der Waals surface area contributed by atoms with E-state index in [0.717, 1.165) is 19.3 Å². The third kappa shape index (κ3) is 16.3. The van der Waals surface area contributed by atoms with Gasteiger partial charge in [0.15, 0.2) is 0 Å². The summed E-state index contributed by atoms with van der Waals surface area (Å²) in [7, 11) is 0. The molecule has 3 N–H and O–H groups in total. The molecule has 2 unspecified atom stereocenters. The number of unbranched alkanes of at least 4 members (excludes halogenated alkanes) is 13. The van der Waals surface area contributed by atoms with Crippen molar-refractivity contribution in [2.24, 2.45) is 0 Å². The largest absolute Gasteiger partial charge is 0.396 e. The first-order chi connectivity index (χ1) is 10.7. The van der Waals surface area contributed by atoms with E-state index >= 15 is 0 Å².